The summed E-state index contributed by atoms with van der Waals surface area (Å²) in [5.41, 5.74) is 2.59. The van der Waals surface area contributed by atoms with E-state index in [-0.39, 0.29) is 27.8 Å². The number of aliphatic imine (C=N–C) groups is 1. The van der Waals surface area contributed by atoms with E-state index in [0.29, 0.717) is 23.5 Å². The molecule has 0 saturated heterocycles. The fourth-order valence-electron chi connectivity index (χ4n) is 2.98. The molecule has 0 N–H and O–H groups in total. The molecule has 7 heteroatoms. The van der Waals surface area contributed by atoms with Crippen molar-refractivity contribution in [3.05, 3.63) is 63.8 Å². The van der Waals surface area contributed by atoms with Gasteiger partial charge in [-0.1, -0.05) is 44.5 Å². The van der Waals surface area contributed by atoms with Crippen molar-refractivity contribution in [2.75, 3.05) is 6.61 Å². The molecule has 0 atom stereocenters. The first-order chi connectivity index (χ1) is 14.6. The lowest BCUT2D eigenvalue weighted by atomic mass is 9.87. The minimum atomic E-state index is -0.562. The van der Waals surface area contributed by atoms with Gasteiger partial charge in [-0.25, -0.2) is 9.79 Å². The molecule has 0 unspecified atom stereocenters. The lowest BCUT2D eigenvalue weighted by molar-refractivity contribution is -0.132. The standard InChI is InChI=1S/C24H24ClNO5/c1-6-29-20-13-15(11-18(25)21(20)30-14(2)27)12-19-23(28)31-22(26-19)16-7-9-17(10-8-16)24(3,4)5/h7-13H,6H2,1-5H3/b19-12+. The molecule has 31 heavy (non-hydrogen) atoms. The average Bonchev–Trinajstić information content (AvgIpc) is 3.04. The molecule has 0 amide bonds. The zero-order valence-corrected chi connectivity index (χ0v) is 18.9. The summed E-state index contributed by atoms with van der Waals surface area (Å²) in [6.07, 6.45) is 1.55. The van der Waals surface area contributed by atoms with E-state index < -0.39 is 11.9 Å². The third kappa shape index (κ3) is 5.33. The number of benzene rings is 2. The summed E-state index contributed by atoms with van der Waals surface area (Å²) in [5.74, 6) is -0.404. The minimum Gasteiger partial charge on any atom is -0.490 e. The highest BCUT2D eigenvalue weighted by Crippen LogP contribution is 2.37. The Balaban J connectivity index is 1.93. The van der Waals surface area contributed by atoms with Gasteiger partial charge in [-0.15, -0.1) is 0 Å². The Hall–Kier alpha value is -3.12. The number of halogens is 1. The summed E-state index contributed by atoms with van der Waals surface area (Å²) < 4.78 is 16.0. The summed E-state index contributed by atoms with van der Waals surface area (Å²) in [5, 5.41) is 0.182. The van der Waals surface area contributed by atoms with Crippen molar-refractivity contribution in [1.29, 1.82) is 0 Å². The van der Waals surface area contributed by atoms with Crippen molar-refractivity contribution in [2.24, 2.45) is 4.99 Å². The highest BCUT2D eigenvalue weighted by atomic mass is 35.5. The quantitative estimate of drug-likeness (QED) is 0.357. The van der Waals surface area contributed by atoms with Gasteiger partial charge in [0.1, 0.15) is 0 Å². The van der Waals surface area contributed by atoms with Crippen molar-refractivity contribution in [2.45, 2.75) is 40.0 Å². The van der Waals surface area contributed by atoms with E-state index >= 15 is 0 Å². The molecule has 1 heterocycles. The fraction of sp³-hybridized carbons (Fsp3) is 0.292. The van der Waals surface area contributed by atoms with Gasteiger partial charge in [0.25, 0.3) is 0 Å². The first-order valence-electron chi connectivity index (χ1n) is 9.86. The van der Waals surface area contributed by atoms with Gasteiger partial charge in [-0.2, -0.15) is 0 Å². The minimum absolute atomic E-state index is 0.0214. The van der Waals surface area contributed by atoms with Crippen LogP contribution in [-0.4, -0.2) is 24.4 Å². The second-order valence-corrected chi connectivity index (χ2v) is 8.43. The van der Waals surface area contributed by atoms with Crippen LogP contribution in [0.2, 0.25) is 5.02 Å². The van der Waals surface area contributed by atoms with Crippen LogP contribution < -0.4 is 9.47 Å². The van der Waals surface area contributed by atoms with E-state index in [1.807, 2.05) is 24.3 Å². The van der Waals surface area contributed by atoms with Crippen molar-refractivity contribution >= 4 is 35.5 Å². The number of hydrogen-bond donors (Lipinski definition) is 0. The molecule has 3 rings (SSSR count). The van der Waals surface area contributed by atoms with Crippen molar-refractivity contribution in [1.82, 2.24) is 0 Å². The van der Waals surface area contributed by atoms with Gasteiger partial charge in [0.2, 0.25) is 5.90 Å². The normalized spacial score (nSPS) is 15.0. The Morgan fingerprint density at radius 2 is 1.87 bits per heavy atom. The van der Waals surface area contributed by atoms with Crippen LogP contribution in [0.5, 0.6) is 11.5 Å². The number of carbonyl (C=O) groups excluding carboxylic acids is 2. The van der Waals surface area contributed by atoms with Gasteiger partial charge < -0.3 is 14.2 Å². The number of carbonyl (C=O) groups is 2. The number of esters is 2. The van der Waals surface area contributed by atoms with Gasteiger partial charge in [-0.05, 0) is 53.8 Å². The molecule has 1 aliphatic heterocycles. The number of cyclic esters (lactones) is 1. The van der Waals surface area contributed by atoms with E-state index in [4.69, 9.17) is 25.8 Å². The van der Waals surface area contributed by atoms with Crippen LogP contribution in [0.4, 0.5) is 0 Å². The maximum Gasteiger partial charge on any atom is 0.363 e. The van der Waals surface area contributed by atoms with Crippen LogP contribution in [0, 0.1) is 0 Å². The van der Waals surface area contributed by atoms with Gasteiger partial charge in [0, 0.05) is 12.5 Å². The molecule has 0 aromatic heterocycles. The number of nitrogens with zero attached hydrogens (tertiary/aromatic N) is 1. The van der Waals surface area contributed by atoms with E-state index in [1.165, 1.54) is 12.5 Å². The molecule has 6 nitrogen and oxygen atoms in total. The SMILES string of the molecule is CCOc1cc(/C=C2/N=C(c3ccc(C(C)(C)C)cc3)OC2=O)cc(Cl)c1OC(C)=O. The zero-order valence-electron chi connectivity index (χ0n) is 18.1. The van der Waals surface area contributed by atoms with Crippen LogP contribution in [0.25, 0.3) is 6.08 Å². The molecule has 0 fully saturated rings. The molecule has 0 saturated carbocycles. The topological polar surface area (TPSA) is 74.2 Å². The summed E-state index contributed by atoms with van der Waals surface area (Å²) in [6, 6.07) is 10.9. The smallest absolute Gasteiger partial charge is 0.363 e. The monoisotopic (exact) mass is 441 g/mol. The van der Waals surface area contributed by atoms with Crippen molar-refractivity contribution in [3.63, 3.8) is 0 Å². The van der Waals surface area contributed by atoms with Crippen LogP contribution >= 0.6 is 11.6 Å². The molecule has 0 spiro atoms. The molecule has 1 aliphatic rings. The van der Waals surface area contributed by atoms with Gasteiger partial charge in [0.05, 0.1) is 11.6 Å². The predicted molar refractivity (Wildman–Crippen MR) is 120 cm³/mol. The van der Waals surface area contributed by atoms with E-state index in [2.05, 4.69) is 25.8 Å². The molecule has 0 bridgehead atoms. The lowest BCUT2D eigenvalue weighted by Crippen LogP contribution is -2.11. The van der Waals surface area contributed by atoms with Crippen LogP contribution in [-0.2, 0) is 19.7 Å². The molecular weight excluding hydrogens is 418 g/mol. The second kappa shape index (κ2) is 8.94. The van der Waals surface area contributed by atoms with Crippen molar-refractivity contribution in [3.8, 4) is 11.5 Å². The Morgan fingerprint density at radius 1 is 1.19 bits per heavy atom. The largest absolute Gasteiger partial charge is 0.490 e. The molecule has 162 valence electrons. The highest BCUT2D eigenvalue weighted by Gasteiger charge is 2.25. The number of rotatable bonds is 5. The van der Waals surface area contributed by atoms with E-state index in [9.17, 15) is 9.59 Å². The summed E-state index contributed by atoms with van der Waals surface area (Å²) in [7, 11) is 0. The van der Waals surface area contributed by atoms with Crippen molar-refractivity contribution < 1.29 is 23.8 Å². The first-order valence-corrected chi connectivity index (χ1v) is 10.2. The maximum absolute atomic E-state index is 12.4. The number of hydrogen-bond acceptors (Lipinski definition) is 6. The Labute approximate surface area is 186 Å². The Morgan fingerprint density at radius 3 is 2.45 bits per heavy atom. The third-order valence-corrected chi connectivity index (χ3v) is 4.78. The zero-order chi connectivity index (χ0) is 22.8. The number of ether oxygens (including phenoxy) is 3. The molecule has 2 aromatic carbocycles. The fourth-order valence-corrected chi connectivity index (χ4v) is 3.24. The molecule has 2 aromatic rings. The lowest BCUT2D eigenvalue weighted by Gasteiger charge is -2.18. The molecular formula is C24H24ClNO5. The van der Waals surface area contributed by atoms with Gasteiger partial charge >= 0.3 is 11.9 Å². The first kappa shape index (κ1) is 22.6. The summed E-state index contributed by atoms with van der Waals surface area (Å²) >= 11 is 6.27. The molecule has 0 aliphatic carbocycles. The van der Waals surface area contributed by atoms with Gasteiger partial charge in [-0.3, -0.25) is 4.79 Å². The average molecular weight is 442 g/mol. The maximum atomic E-state index is 12.4. The Kier molecular flexibility index (Phi) is 6.51. The summed E-state index contributed by atoms with van der Waals surface area (Å²) in [4.78, 5) is 28.0. The van der Waals surface area contributed by atoms with E-state index in [0.717, 1.165) is 0 Å². The Bertz CT molecular complexity index is 1080. The molecule has 0 radical (unpaired) electrons. The summed E-state index contributed by atoms with van der Waals surface area (Å²) in [6.45, 7) is 9.81. The van der Waals surface area contributed by atoms with E-state index in [1.54, 1.807) is 25.1 Å². The van der Waals surface area contributed by atoms with Gasteiger partial charge in [0.15, 0.2) is 17.2 Å². The predicted octanol–water partition coefficient (Wildman–Crippen LogP) is 5.31. The van der Waals surface area contributed by atoms with Crippen LogP contribution in [0.1, 0.15) is 51.3 Å². The highest BCUT2D eigenvalue weighted by molar-refractivity contribution is 6.32. The second-order valence-electron chi connectivity index (χ2n) is 8.02. The van der Waals surface area contributed by atoms with Crippen LogP contribution in [0.15, 0.2) is 47.1 Å². The third-order valence-electron chi connectivity index (χ3n) is 4.50. The van der Waals surface area contributed by atoms with Crippen LogP contribution in [0.3, 0.4) is 0 Å².